The third-order valence-corrected chi connectivity index (χ3v) is 8.67. The van der Waals surface area contributed by atoms with Crippen LogP contribution in [0.4, 0.5) is 5.69 Å². The average Bonchev–Trinajstić information content (AvgIpc) is 3.26. The Bertz CT molecular complexity index is 1190. The van der Waals surface area contributed by atoms with Crippen molar-refractivity contribution in [1.29, 1.82) is 0 Å². The molecule has 1 spiro atoms. The fraction of sp³-hybridized carbons (Fsp3) is 0.581. The lowest BCUT2D eigenvalue weighted by Gasteiger charge is -2.40. The van der Waals surface area contributed by atoms with Crippen LogP contribution in [0.3, 0.4) is 0 Å². The summed E-state index contributed by atoms with van der Waals surface area (Å²) in [7, 11) is 1.58. The molecule has 4 heterocycles. The summed E-state index contributed by atoms with van der Waals surface area (Å²) in [5.74, 6) is -2.28. The summed E-state index contributed by atoms with van der Waals surface area (Å²) in [4.78, 5) is 45.8. The zero-order valence-corrected chi connectivity index (χ0v) is 23.7. The molecule has 1 N–H and O–H groups in total. The Hall–Kier alpha value is -3.17. The smallest absolute Gasteiger partial charge is 0.313 e. The van der Waals surface area contributed by atoms with Gasteiger partial charge in [-0.2, -0.15) is 0 Å². The number of ether oxygens (including phenoxy) is 3. The monoisotopic (exact) mass is 552 g/mol. The normalized spacial score (nSPS) is 33.6. The van der Waals surface area contributed by atoms with Crippen LogP contribution in [0.5, 0.6) is 5.75 Å². The van der Waals surface area contributed by atoms with Crippen molar-refractivity contribution in [1.82, 2.24) is 4.90 Å². The second kappa shape index (κ2) is 11.0. The molecule has 0 radical (unpaired) electrons. The van der Waals surface area contributed by atoms with Crippen LogP contribution in [0.15, 0.2) is 48.6 Å². The van der Waals surface area contributed by atoms with E-state index in [9.17, 15) is 19.5 Å². The zero-order valence-electron chi connectivity index (χ0n) is 23.7. The van der Waals surface area contributed by atoms with Crippen LogP contribution in [0.2, 0.25) is 0 Å². The standard InChI is InChI=1S/C31H40N2O7/c1-20(2)18-22(19-34)33-26-28(36)32(21-10-12-23(38-4)13-11-21)16-9-15-31(26)24(27(33)35)25-29(37)39-17-8-6-5-7-14-30(25,3)40-31/h7,9-15,20,22,24-26,34H,5-6,8,16-19H2,1-4H3/b14-7-/t22-,24+,25+,26?,30-,31+/m1/s1. The van der Waals surface area contributed by atoms with E-state index in [4.69, 9.17) is 14.2 Å². The van der Waals surface area contributed by atoms with Gasteiger partial charge >= 0.3 is 5.97 Å². The highest BCUT2D eigenvalue weighted by molar-refractivity contribution is 6.05. The van der Waals surface area contributed by atoms with E-state index in [2.05, 4.69) is 0 Å². The van der Waals surface area contributed by atoms with Gasteiger partial charge in [-0.3, -0.25) is 14.4 Å². The van der Waals surface area contributed by atoms with Gasteiger partial charge in [-0.25, -0.2) is 0 Å². The highest BCUT2D eigenvalue weighted by atomic mass is 16.6. The first-order valence-corrected chi connectivity index (χ1v) is 14.3. The van der Waals surface area contributed by atoms with Crippen molar-refractivity contribution in [2.24, 2.45) is 17.8 Å². The van der Waals surface area contributed by atoms with Crippen LogP contribution in [0, 0.1) is 17.8 Å². The van der Waals surface area contributed by atoms with Gasteiger partial charge in [-0.15, -0.1) is 0 Å². The van der Waals surface area contributed by atoms with Crippen LogP contribution in [0.1, 0.15) is 46.5 Å². The van der Waals surface area contributed by atoms with Gasteiger partial charge in [-0.05, 0) is 62.8 Å². The minimum atomic E-state index is -1.41. The number of rotatable bonds is 6. The lowest BCUT2D eigenvalue weighted by molar-refractivity contribution is -0.160. The molecular weight excluding hydrogens is 512 g/mol. The molecule has 4 aliphatic heterocycles. The summed E-state index contributed by atoms with van der Waals surface area (Å²) in [6.45, 7) is 6.05. The summed E-state index contributed by atoms with van der Waals surface area (Å²) in [6.07, 6.45) is 10.4. The van der Waals surface area contributed by atoms with Gasteiger partial charge in [-0.1, -0.05) is 38.2 Å². The van der Waals surface area contributed by atoms with E-state index in [-0.39, 0.29) is 37.5 Å². The van der Waals surface area contributed by atoms with E-state index in [0.29, 0.717) is 17.9 Å². The molecule has 40 heavy (non-hydrogen) atoms. The van der Waals surface area contributed by atoms with Crippen LogP contribution >= 0.6 is 0 Å². The van der Waals surface area contributed by atoms with Crippen molar-refractivity contribution < 1.29 is 33.7 Å². The first kappa shape index (κ1) is 28.4. The lowest BCUT2D eigenvalue weighted by Crippen LogP contribution is -2.59. The van der Waals surface area contributed by atoms with Crippen molar-refractivity contribution >= 4 is 23.5 Å². The van der Waals surface area contributed by atoms with E-state index in [0.717, 1.165) is 19.3 Å². The SMILES string of the molecule is COc1ccc(N2CC=C[C@]34O[C@]5(C)/C=C\CCCCOC(=O)[C@@H]5[C@H]3C(=O)N([C@@H](CO)CC(C)C)C4C2=O)cc1. The number of aliphatic hydroxyl groups excluding tert-OH is 1. The molecule has 0 aromatic heterocycles. The molecule has 2 fully saturated rings. The number of anilines is 1. The maximum Gasteiger partial charge on any atom is 0.313 e. The van der Waals surface area contributed by atoms with Gasteiger partial charge in [0.15, 0.2) is 0 Å². The van der Waals surface area contributed by atoms with Crippen LogP contribution < -0.4 is 9.64 Å². The summed E-state index contributed by atoms with van der Waals surface area (Å²) >= 11 is 0. The van der Waals surface area contributed by atoms with Gasteiger partial charge in [0.2, 0.25) is 5.91 Å². The molecule has 0 aliphatic carbocycles. The van der Waals surface area contributed by atoms with Crippen molar-refractivity contribution in [3.8, 4) is 5.75 Å². The quantitative estimate of drug-likeness (QED) is 0.427. The van der Waals surface area contributed by atoms with E-state index in [1.807, 2.05) is 38.2 Å². The van der Waals surface area contributed by atoms with Crippen LogP contribution in [0.25, 0.3) is 0 Å². The van der Waals surface area contributed by atoms with Crippen LogP contribution in [-0.4, -0.2) is 77.9 Å². The first-order chi connectivity index (χ1) is 19.2. The Morgan fingerprint density at radius 3 is 2.48 bits per heavy atom. The Labute approximate surface area is 235 Å². The maximum atomic E-state index is 14.6. The summed E-state index contributed by atoms with van der Waals surface area (Å²) in [5, 5.41) is 10.5. The number of esters is 1. The number of nitrogens with zero attached hydrogens (tertiary/aromatic N) is 2. The van der Waals surface area contributed by atoms with Gasteiger partial charge in [0.25, 0.3) is 5.91 Å². The average molecular weight is 553 g/mol. The van der Waals surface area contributed by atoms with Crippen molar-refractivity contribution in [3.05, 3.63) is 48.6 Å². The molecule has 0 bridgehead atoms. The Kier molecular flexibility index (Phi) is 7.81. The summed E-state index contributed by atoms with van der Waals surface area (Å²) < 4.78 is 17.8. The third kappa shape index (κ3) is 4.63. The number of likely N-dealkylation sites (tertiary alicyclic amines) is 1. The van der Waals surface area contributed by atoms with Gasteiger partial charge in [0, 0.05) is 12.2 Å². The second-order valence-corrected chi connectivity index (χ2v) is 11.8. The number of hydrogen-bond acceptors (Lipinski definition) is 7. The largest absolute Gasteiger partial charge is 0.497 e. The molecule has 216 valence electrons. The molecule has 9 nitrogen and oxygen atoms in total. The number of aliphatic hydroxyl groups is 1. The molecule has 0 saturated carbocycles. The number of carbonyl (C=O) groups is 3. The fourth-order valence-corrected chi connectivity index (χ4v) is 6.94. The predicted molar refractivity (Wildman–Crippen MR) is 149 cm³/mol. The Morgan fingerprint density at radius 2 is 1.80 bits per heavy atom. The van der Waals surface area contributed by atoms with Gasteiger partial charge in [0.1, 0.15) is 23.3 Å². The minimum absolute atomic E-state index is 0.156. The highest BCUT2D eigenvalue weighted by Crippen LogP contribution is 2.57. The Balaban J connectivity index is 1.66. The lowest BCUT2D eigenvalue weighted by atomic mass is 9.74. The van der Waals surface area contributed by atoms with Crippen molar-refractivity contribution in [2.45, 2.75) is 69.7 Å². The minimum Gasteiger partial charge on any atom is -0.497 e. The number of benzene rings is 1. The number of allylic oxidation sites excluding steroid dienone is 1. The number of cyclic esters (lactones) is 1. The number of carbonyl (C=O) groups excluding carboxylic acids is 3. The zero-order chi connectivity index (χ0) is 28.7. The molecular formula is C31H40N2O7. The topological polar surface area (TPSA) is 106 Å². The number of hydrogen-bond donors (Lipinski definition) is 1. The molecule has 6 atom stereocenters. The summed E-state index contributed by atoms with van der Waals surface area (Å²) in [5.41, 5.74) is -1.90. The highest BCUT2D eigenvalue weighted by Gasteiger charge is 2.75. The van der Waals surface area contributed by atoms with Crippen LogP contribution in [-0.2, 0) is 23.9 Å². The summed E-state index contributed by atoms with van der Waals surface area (Å²) in [6, 6.07) is 5.48. The first-order valence-electron chi connectivity index (χ1n) is 14.3. The van der Waals surface area contributed by atoms with Crippen molar-refractivity contribution in [2.75, 3.05) is 31.8 Å². The molecule has 2 saturated heterocycles. The number of fused-ring (bicyclic) bond motifs is 2. The van der Waals surface area contributed by atoms with E-state index >= 15 is 0 Å². The molecule has 1 aromatic carbocycles. The van der Waals surface area contributed by atoms with E-state index in [1.165, 1.54) is 4.90 Å². The molecule has 2 amide bonds. The van der Waals surface area contributed by atoms with Gasteiger partial charge < -0.3 is 29.1 Å². The molecule has 1 unspecified atom stereocenters. The van der Waals surface area contributed by atoms with Crippen molar-refractivity contribution in [3.63, 3.8) is 0 Å². The molecule has 9 heteroatoms. The molecule has 5 rings (SSSR count). The Morgan fingerprint density at radius 1 is 1.05 bits per heavy atom. The third-order valence-electron chi connectivity index (χ3n) is 8.67. The number of amides is 2. The van der Waals surface area contributed by atoms with E-state index < -0.39 is 41.1 Å². The van der Waals surface area contributed by atoms with E-state index in [1.54, 1.807) is 43.2 Å². The fourth-order valence-electron chi connectivity index (χ4n) is 6.94. The molecule has 4 aliphatic rings. The van der Waals surface area contributed by atoms with Gasteiger partial charge in [0.05, 0.1) is 37.9 Å². The maximum absolute atomic E-state index is 14.6. The predicted octanol–water partition coefficient (Wildman–Crippen LogP) is 3.26. The molecule has 1 aromatic rings. The second-order valence-electron chi connectivity index (χ2n) is 11.8. The number of methoxy groups -OCH3 is 1.